The van der Waals surface area contributed by atoms with Gasteiger partial charge in [-0.2, -0.15) is 0 Å². The standard InChI is InChI=1S/C9H16NO2/c1-2-3-7-12-9(11)10-8-5-4-6-8/h8H,1-7H2,(H,10,11). The van der Waals surface area contributed by atoms with Crippen molar-refractivity contribution in [2.45, 2.75) is 38.1 Å². The maximum absolute atomic E-state index is 11.0. The van der Waals surface area contributed by atoms with E-state index in [4.69, 9.17) is 4.74 Å². The molecule has 0 heterocycles. The van der Waals surface area contributed by atoms with Crippen LogP contribution in [0.25, 0.3) is 0 Å². The molecule has 0 aromatic heterocycles. The van der Waals surface area contributed by atoms with Gasteiger partial charge in [-0.1, -0.05) is 13.3 Å². The first-order valence-corrected chi connectivity index (χ1v) is 4.55. The molecule has 1 amide bonds. The molecule has 0 aliphatic heterocycles. The first kappa shape index (κ1) is 9.36. The third-order valence-corrected chi connectivity index (χ3v) is 2.05. The highest BCUT2D eigenvalue weighted by Crippen LogP contribution is 2.17. The minimum atomic E-state index is -0.270. The Morgan fingerprint density at radius 2 is 2.33 bits per heavy atom. The number of hydrogen-bond donors (Lipinski definition) is 1. The Morgan fingerprint density at radius 3 is 2.83 bits per heavy atom. The fraction of sp³-hybridized carbons (Fsp3) is 0.778. The summed E-state index contributed by atoms with van der Waals surface area (Å²) in [5, 5.41) is 2.79. The molecule has 3 heteroatoms. The van der Waals surface area contributed by atoms with Crippen molar-refractivity contribution in [2.75, 3.05) is 6.61 Å². The smallest absolute Gasteiger partial charge is 0.407 e. The number of unbranched alkanes of at least 4 members (excludes halogenated alkanes) is 1. The van der Waals surface area contributed by atoms with Crippen LogP contribution in [-0.4, -0.2) is 18.7 Å². The topological polar surface area (TPSA) is 38.3 Å². The normalized spacial score (nSPS) is 16.8. The molecule has 0 aromatic rings. The van der Waals surface area contributed by atoms with E-state index in [9.17, 15) is 4.79 Å². The molecule has 0 spiro atoms. The molecule has 0 aromatic carbocycles. The summed E-state index contributed by atoms with van der Waals surface area (Å²) >= 11 is 0. The zero-order valence-electron chi connectivity index (χ0n) is 7.34. The van der Waals surface area contributed by atoms with Crippen LogP contribution in [0.5, 0.6) is 0 Å². The molecule has 1 rings (SSSR count). The van der Waals surface area contributed by atoms with Gasteiger partial charge >= 0.3 is 6.09 Å². The molecular formula is C9H16NO2. The monoisotopic (exact) mass is 170 g/mol. The van der Waals surface area contributed by atoms with Crippen molar-refractivity contribution in [3.63, 3.8) is 0 Å². The third-order valence-electron chi connectivity index (χ3n) is 2.05. The highest BCUT2D eigenvalue weighted by molar-refractivity contribution is 5.67. The summed E-state index contributed by atoms with van der Waals surface area (Å²) < 4.78 is 4.90. The zero-order chi connectivity index (χ0) is 8.81. The van der Waals surface area contributed by atoms with E-state index in [1.54, 1.807) is 0 Å². The number of carbonyl (C=O) groups is 1. The van der Waals surface area contributed by atoms with Crippen LogP contribution in [-0.2, 0) is 4.74 Å². The predicted octanol–water partition coefficient (Wildman–Crippen LogP) is 1.88. The van der Waals surface area contributed by atoms with Crippen LogP contribution in [0.1, 0.15) is 32.1 Å². The number of carbonyl (C=O) groups excluding carboxylic acids is 1. The molecule has 12 heavy (non-hydrogen) atoms. The SMILES string of the molecule is [CH2]CCCOC(=O)NC1CCC1. The second kappa shape index (κ2) is 5.01. The molecular weight excluding hydrogens is 154 g/mol. The predicted molar refractivity (Wildman–Crippen MR) is 46.7 cm³/mol. The Bertz CT molecular complexity index is 143. The first-order valence-electron chi connectivity index (χ1n) is 4.55. The van der Waals surface area contributed by atoms with Crippen molar-refractivity contribution in [2.24, 2.45) is 0 Å². The molecule has 0 atom stereocenters. The maximum atomic E-state index is 11.0. The largest absolute Gasteiger partial charge is 0.450 e. The second-order valence-electron chi connectivity index (χ2n) is 3.12. The second-order valence-corrected chi connectivity index (χ2v) is 3.12. The van der Waals surface area contributed by atoms with Gasteiger partial charge in [0, 0.05) is 6.04 Å². The number of nitrogens with one attached hydrogen (secondary N) is 1. The Morgan fingerprint density at radius 1 is 1.58 bits per heavy atom. The molecule has 1 aliphatic rings. The van der Waals surface area contributed by atoms with E-state index in [1.165, 1.54) is 6.42 Å². The van der Waals surface area contributed by atoms with Gasteiger partial charge < -0.3 is 10.1 Å². The molecule has 1 saturated carbocycles. The van der Waals surface area contributed by atoms with Crippen LogP contribution < -0.4 is 5.32 Å². The van der Waals surface area contributed by atoms with E-state index >= 15 is 0 Å². The molecule has 0 bridgehead atoms. The van der Waals surface area contributed by atoms with Gasteiger partial charge in [0.2, 0.25) is 0 Å². The van der Waals surface area contributed by atoms with E-state index in [-0.39, 0.29) is 6.09 Å². The number of rotatable bonds is 4. The summed E-state index contributed by atoms with van der Waals surface area (Å²) in [4.78, 5) is 11.0. The van der Waals surface area contributed by atoms with Gasteiger partial charge in [-0.3, -0.25) is 0 Å². The van der Waals surface area contributed by atoms with Crippen LogP contribution >= 0.6 is 0 Å². The lowest BCUT2D eigenvalue weighted by Gasteiger charge is -2.25. The van der Waals surface area contributed by atoms with Crippen molar-refractivity contribution in [3.05, 3.63) is 6.92 Å². The van der Waals surface area contributed by atoms with E-state index in [2.05, 4.69) is 12.2 Å². The summed E-state index contributed by atoms with van der Waals surface area (Å²) in [5.74, 6) is 0. The molecule has 69 valence electrons. The highest BCUT2D eigenvalue weighted by atomic mass is 16.5. The van der Waals surface area contributed by atoms with E-state index < -0.39 is 0 Å². The molecule has 3 nitrogen and oxygen atoms in total. The van der Waals surface area contributed by atoms with Crippen molar-refractivity contribution < 1.29 is 9.53 Å². The summed E-state index contributed by atoms with van der Waals surface area (Å²) in [5.41, 5.74) is 0. The van der Waals surface area contributed by atoms with Crippen LogP contribution in [0.2, 0.25) is 0 Å². The fourth-order valence-electron chi connectivity index (χ4n) is 1.03. The van der Waals surface area contributed by atoms with E-state index in [1.807, 2.05) is 0 Å². The van der Waals surface area contributed by atoms with E-state index in [0.717, 1.165) is 25.7 Å². The summed E-state index contributed by atoms with van der Waals surface area (Å²) in [7, 11) is 0. The summed E-state index contributed by atoms with van der Waals surface area (Å²) in [6.45, 7) is 4.15. The third kappa shape index (κ3) is 3.11. The lowest BCUT2D eigenvalue weighted by atomic mass is 9.93. The van der Waals surface area contributed by atoms with Crippen molar-refractivity contribution in [3.8, 4) is 0 Å². The van der Waals surface area contributed by atoms with E-state index in [0.29, 0.717) is 12.6 Å². The summed E-state index contributed by atoms with van der Waals surface area (Å²) in [6.07, 6.45) is 4.82. The lowest BCUT2D eigenvalue weighted by molar-refractivity contribution is 0.135. The molecule has 0 saturated heterocycles. The minimum Gasteiger partial charge on any atom is -0.450 e. The number of ether oxygens (including phenoxy) is 1. The molecule has 0 unspecified atom stereocenters. The van der Waals surface area contributed by atoms with Gasteiger partial charge in [0.15, 0.2) is 0 Å². The average Bonchev–Trinajstić information content (AvgIpc) is 1.98. The first-order chi connectivity index (χ1) is 5.83. The molecule has 1 radical (unpaired) electrons. The number of hydrogen-bond acceptors (Lipinski definition) is 2. The number of amides is 1. The Balaban J connectivity index is 1.95. The van der Waals surface area contributed by atoms with Crippen LogP contribution in [0.3, 0.4) is 0 Å². The zero-order valence-corrected chi connectivity index (χ0v) is 7.34. The lowest BCUT2D eigenvalue weighted by Crippen LogP contribution is -2.39. The molecule has 1 N–H and O–H groups in total. The Kier molecular flexibility index (Phi) is 3.91. The Hall–Kier alpha value is -0.730. The van der Waals surface area contributed by atoms with Crippen molar-refractivity contribution in [1.29, 1.82) is 0 Å². The minimum absolute atomic E-state index is 0.270. The van der Waals surface area contributed by atoms with Gasteiger partial charge in [-0.15, -0.1) is 0 Å². The van der Waals surface area contributed by atoms with Gasteiger partial charge in [0.25, 0.3) is 0 Å². The molecule has 1 aliphatic carbocycles. The van der Waals surface area contributed by atoms with Crippen molar-refractivity contribution in [1.82, 2.24) is 5.32 Å². The maximum Gasteiger partial charge on any atom is 0.407 e. The summed E-state index contributed by atoms with van der Waals surface area (Å²) in [6, 6.07) is 0.372. The van der Waals surface area contributed by atoms with Crippen LogP contribution in [0.15, 0.2) is 0 Å². The molecule has 1 fully saturated rings. The van der Waals surface area contributed by atoms with Crippen LogP contribution in [0.4, 0.5) is 4.79 Å². The average molecular weight is 170 g/mol. The highest BCUT2D eigenvalue weighted by Gasteiger charge is 2.19. The van der Waals surface area contributed by atoms with Gasteiger partial charge in [-0.05, 0) is 25.7 Å². The van der Waals surface area contributed by atoms with Gasteiger partial charge in [-0.25, -0.2) is 4.79 Å². The van der Waals surface area contributed by atoms with Crippen LogP contribution in [0, 0.1) is 6.92 Å². The quantitative estimate of drug-likeness (QED) is 0.654. The van der Waals surface area contributed by atoms with Gasteiger partial charge in [0.1, 0.15) is 0 Å². The van der Waals surface area contributed by atoms with Gasteiger partial charge in [0.05, 0.1) is 6.61 Å². The Labute approximate surface area is 73.5 Å². The number of alkyl carbamates (subject to hydrolysis) is 1. The fourth-order valence-corrected chi connectivity index (χ4v) is 1.03. The van der Waals surface area contributed by atoms with Crippen molar-refractivity contribution >= 4 is 6.09 Å².